The molecule has 2 aromatic rings. The van der Waals surface area contributed by atoms with Gasteiger partial charge in [0, 0.05) is 23.8 Å². The monoisotopic (exact) mass is 170 g/mol. The van der Waals surface area contributed by atoms with Crippen LogP contribution in [0.2, 0.25) is 0 Å². The summed E-state index contributed by atoms with van der Waals surface area (Å²) in [5.74, 6) is 0. The van der Waals surface area contributed by atoms with Gasteiger partial charge in [-0.05, 0) is 30.2 Å². The first kappa shape index (κ1) is 6.89. The van der Waals surface area contributed by atoms with Gasteiger partial charge >= 0.3 is 0 Å². The molecule has 0 bridgehead atoms. The summed E-state index contributed by atoms with van der Waals surface area (Å²) >= 11 is 0. The van der Waals surface area contributed by atoms with Gasteiger partial charge < -0.3 is 5.32 Å². The highest BCUT2D eigenvalue weighted by Gasteiger charge is 2.10. The molecule has 13 heavy (non-hydrogen) atoms. The molecule has 0 radical (unpaired) electrons. The molecular formula is C11H10N2. The first-order valence-electron chi connectivity index (χ1n) is 4.55. The van der Waals surface area contributed by atoms with Crippen LogP contribution in [-0.2, 0) is 6.42 Å². The van der Waals surface area contributed by atoms with Crippen molar-refractivity contribution in [3.63, 3.8) is 0 Å². The lowest BCUT2D eigenvalue weighted by Crippen LogP contribution is -2.11. The van der Waals surface area contributed by atoms with Crippen LogP contribution in [0.4, 0.5) is 5.69 Å². The second-order valence-electron chi connectivity index (χ2n) is 3.35. The maximum atomic E-state index is 4.34. The molecule has 0 unspecified atom stereocenters. The molecule has 0 saturated carbocycles. The molecule has 0 saturated heterocycles. The van der Waals surface area contributed by atoms with E-state index in [1.165, 1.54) is 16.6 Å². The predicted octanol–water partition coefficient (Wildman–Crippen LogP) is 2.20. The molecule has 2 nitrogen and oxygen atoms in total. The molecule has 0 fully saturated rings. The molecule has 2 heteroatoms. The van der Waals surface area contributed by atoms with E-state index in [9.17, 15) is 0 Å². The summed E-state index contributed by atoms with van der Waals surface area (Å²) in [5, 5.41) is 4.69. The van der Waals surface area contributed by atoms with Crippen molar-refractivity contribution in [1.82, 2.24) is 4.98 Å². The highest BCUT2D eigenvalue weighted by Crippen LogP contribution is 2.28. The van der Waals surface area contributed by atoms with Crippen molar-refractivity contribution in [2.45, 2.75) is 6.42 Å². The minimum absolute atomic E-state index is 1.04. The molecular weight excluding hydrogens is 160 g/mol. The molecule has 1 aliphatic heterocycles. The maximum Gasteiger partial charge on any atom is 0.0725 e. The topological polar surface area (TPSA) is 24.9 Å². The number of aromatic nitrogens is 1. The number of anilines is 1. The van der Waals surface area contributed by atoms with Gasteiger partial charge in [-0.2, -0.15) is 0 Å². The van der Waals surface area contributed by atoms with Gasteiger partial charge in [0.2, 0.25) is 0 Å². The second-order valence-corrected chi connectivity index (χ2v) is 3.35. The van der Waals surface area contributed by atoms with Crippen molar-refractivity contribution in [2.75, 3.05) is 11.9 Å². The third-order valence-electron chi connectivity index (χ3n) is 2.56. The number of nitrogens with zero attached hydrogens (tertiary/aromatic N) is 1. The van der Waals surface area contributed by atoms with Gasteiger partial charge in [0.25, 0.3) is 0 Å². The Kier molecular flexibility index (Phi) is 1.30. The minimum Gasteiger partial charge on any atom is -0.384 e. The minimum atomic E-state index is 1.04. The van der Waals surface area contributed by atoms with E-state index in [0.717, 1.165) is 18.5 Å². The third kappa shape index (κ3) is 0.917. The Morgan fingerprint density at radius 3 is 3.23 bits per heavy atom. The smallest absolute Gasteiger partial charge is 0.0725 e. The Hall–Kier alpha value is -1.57. The Bertz CT molecular complexity index is 424. The number of benzene rings is 1. The molecule has 1 N–H and O–H groups in total. The Morgan fingerprint density at radius 1 is 1.23 bits per heavy atom. The van der Waals surface area contributed by atoms with Crippen molar-refractivity contribution < 1.29 is 0 Å². The van der Waals surface area contributed by atoms with Crippen LogP contribution in [0, 0.1) is 0 Å². The van der Waals surface area contributed by atoms with E-state index in [0.29, 0.717) is 0 Å². The van der Waals surface area contributed by atoms with Gasteiger partial charge in [0.1, 0.15) is 0 Å². The Labute approximate surface area is 76.6 Å². The van der Waals surface area contributed by atoms with Crippen molar-refractivity contribution in [2.24, 2.45) is 0 Å². The number of pyridine rings is 1. The summed E-state index contributed by atoms with van der Waals surface area (Å²) in [4.78, 5) is 4.34. The van der Waals surface area contributed by atoms with E-state index in [4.69, 9.17) is 0 Å². The normalized spacial score (nSPS) is 14.2. The van der Waals surface area contributed by atoms with E-state index < -0.39 is 0 Å². The molecule has 0 atom stereocenters. The number of hydrogen-bond acceptors (Lipinski definition) is 2. The molecule has 0 spiro atoms. The summed E-state index contributed by atoms with van der Waals surface area (Å²) in [6.45, 7) is 1.04. The summed E-state index contributed by atoms with van der Waals surface area (Å²) in [6.07, 6.45) is 3.00. The van der Waals surface area contributed by atoms with E-state index in [1.807, 2.05) is 12.3 Å². The molecule has 2 heterocycles. The average molecular weight is 170 g/mol. The van der Waals surface area contributed by atoms with Crippen LogP contribution < -0.4 is 5.32 Å². The first-order chi connectivity index (χ1) is 6.45. The van der Waals surface area contributed by atoms with Crippen LogP contribution in [0.5, 0.6) is 0 Å². The van der Waals surface area contributed by atoms with E-state index in [-0.39, 0.29) is 0 Å². The lowest BCUT2D eigenvalue weighted by molar-refractivity contribution is 1.01. The van der Waals surface area contributed by atoms with Gasteiger partial charge in [-0.25, -0.2) is 0 Å². The largest absolute Gasteiger partial charge is 0.384 e. The molecule has 0 amide bonds. The van der Waals surface area contributed by atoms with Crippen LogP contribution in [0.1, 0.15) is 5.56 Å². The fraction of sp³-hybridized carbons (Fsp3) is 0.182. The lowest BCUT2D eigenvalue weighted by Gasteiger charge is -2.17. The molecule has 1 aromatic carbocycles. The van der Waals surface area contributed by atoms with Crippen molar-refractivity contribution in [1.29, 1.82) is 0 Å². The molecule has 64 valence electrons. The Balaban J connectivity index is 2.49. The van der Waals surface area contributed by atoms with Gasteiger partial charge in [0.05, 0.1) is 5.52 Å². The zero-order valence-electron chi connectivity index (χ0n) is 7.25. The lowest BCUT2D eigenvalue weighted by atomic mass is 10.0. The van der Waals surface area contributed by atoms with Gasteiger partial charge in [-0.1, -0.05) is 6.07 Å². The second kappa shape index (κ2) is 2.46. The highest BCUT2D eigenvalue weighted by molar-refractivity contribution is 5.95. The fourth-order valence-electron chi connectivity index (χ4n) is 1.96. The maximum absolute atomic E-state index is 4.34. The summed E-state index contributed by atoms with van der Waals surface area (Å²) in [7, 11) is 0. The first-order valence-corrected chi connectivity index (χ1v) is 4.55. The molecule has 1 aliphatic rings. The van der Waals surface area contributed by atoms with Crippen LogP contribution in [-0.4, -0.2) is 11.5 Å². The standard InChI is InChI=1S/C11H10N2/c1-2-9-11-8(4-6-12-9)5-7-13-10(11)3-1/h1-4,6,13H,5,7H2. The van der Waals surface area contributed by atoms with E-state index in [1.54, 1.807) is 0 Å². The SMILES string of the molecule is c1cc2c3c(ccnc3c1)CCN2. The van der Waals surface area contributed by atoms with Crippen molar-refractivity contribution >= 4 is 16.6 Å². The van der Waals surface area contributed by atoms with Crippen molar-refractivity contribution in [3.05, 3.63) is 36.0 Å². The van der Waals surface area contributed by atoms with Gasteiger partial charge in [-0.3, -0.25) is 4.98 Å². The number of rotatable bonds is 0. The Morgan fingerprint density at radius 2 is 2.23 bits per heavy atom. The van der Waals surface area contributed by atoms with Gasteiger partial charge in [0.15, 0.2) is 0 Å². The summed E-state index contributed by atoms with van der Waals surface area (Å²) in [6, 6.07) is 8.35. The third-order valence-corrected chi connectivity index (χ3v) is 2.56. The van der Waals surface area contributed by atoms with Gasteiger partial charge in [-0.15, -0.1) is 0 Å². The fourth-order valence-corrected chi connectivity index (χ4v) is 1.96. The molecule has 1 aromatic heterocycles. The molecule has 0 aliphatic carbocycles. The highest BCUT2D eigenvalue weighted by atomic mass is 14.9. The van der Waals surface area contributed by atoms with E-state index in [2.05, 4.69) is 28.5 Å². The van der Waals surface area contributed by atoms with Crippen LogP contribution in [0.25, 0.3) is 10.9 Å². The van der Waals surface area contributed by atoms with E-state index >= 15 is 0 Å². The average Bonchev–Trinajstić information content (AvgIpc) is 2.19. The number of hydrogen-bond donors (Lipinski definition) is 1. The van der Waals surface area contributed by atoms with Crippen LogP contribution in [0.15, 0.2) is 30.5 Å². The predicted molar refractivity (Wildman–Crippen MR) is 53.9 cm³/mol. The zero-order valence-corrected chi connectivity index (χ0v) is 7.25. The van der Waals surface area contributed by atoms with Crippen molar-refractivity contribution in [3.8, 4) is 0 Å². The summed E-state index contributed by atoms with van der Waals surface area (Å²) < 4.78 is 0. The summed E-state index contributed by atoms with van der Waals surface area (Å²) in [5.41, 5.74) is 3.74. The van der Waals surface area contributed by atoms with Crippen LogP contribution in [0.3, 0.4) is 0 Å². The van der Waals surface area contributed by atoms with Crippen LogP contribution >= 0.6 is 0 Å². The zero-order chi connectivity index (χ0) is 8.67. The quantitative estimate of drug-likeness (QED) is 0.655. The number of nitrogens with one attached hydrogen (secondary N) is 1. The molecule has 3 rings (SSSR count).